The Morgan fingerprint density at radius 2 is 2.27 bits per heavy atom. The number of methoxy groups -OCH3 is 1. The first kappa shape index (κ1) is 14.6. The van der Waals surface area contributed by atoms with Gasteiger partial charge in [-0.25, -0.2) is 4.68 Å². The van der Waals surface area contributed by atoms with Crippen LogP contribution in [0.4, 0.5) is 0 Å². The Balaban J connectivity index is 1.79. The van der Waals surface area contributed by atoms with E-state index in [1.807, 2.05) is 30.3 Å². The molecule has 0 saturated carbocycles. The summed E-state index contributed by atoms with van der Waals surface area (Å²) in [5, 5.41) is 7.21. The van der Waals surface area contributed by atoms with Crippen molar-refractivity contribution >= 4 is 5.91 Å². The second-order valence-electron chi connectivity index (χ2n) is 5.16. The number of hydrogen-bond acceptors (Lipinski definition) is 4. The van der Waals surface area contributed by atoms with Gasteiger partial charge in [-0.15, -0.1) is 5.10 Å². The molecule has 22 heavy (non-hydrogen) atoms. The third-order valence-electron chi connectivity index (χ3n) is 3.64. The van der Waals surface area contributed by atoms with Crippen molar-refractivity contribution in [2.45, 2.75) is 18.9 Å². The largest absolute Gasteiger partial charge is 0.480 e. The molecular formula is C16H19N3O3. The number of nitrogens with zero attached hydrogens (tertiary/aromatic N) is 2. The van der Waals surface area contributed by atoms with E-state index in [0.29, 0.717) is 18.1 Å². The van der Waals surface area contributed by atoms with E-state index in [2.05, 4.69) is 10.4 Å². The van der Waals surface area contributed by atoms with Crippen molar-refractivity contribution in [3.63, 3.8) is 0 Å². The molecule has 1 aliphatic heterocycles. The molecule has 6 nitrogen and oxygen atoms in total. The molecule has 1 aromatic heterocycles. The summed E-state index contributed by atoms with van der Waals surface area (Å²) < 4.78 is 12.3. The molecule has 1 N–H and O–H groups in total. The highest BCUT2D eigenvalue weighted by molar-refractivity contribution is 5.93. The second-order valence-corrected chi connectivity index (χ2v) is 5.16. The van der Waals surface area contributed by atoms with Crippen molar-refractivity contribution in [1.29, 1.82) is 0 Å². The number of amides is 1. The number of rotatable bonds is 5. The number of carbonyl (C=O) groups is 1. The SMILES string of the molecule is COc1cc(C(=O)NCC2CCCO2)n(-c2ccccc2)n1. The van der Waals surface area contributed by atoms with Crippen molar-refractivity contribution < 1.29 is 14.3 Å². The molecule has 6 heteroatoms. The van der Waals surface area contributed by atoms with Gasteiger partial charge in [0.2, 0.25) is 5.88 Å². The highest BCUT2D eigenvalue weighted by atomic mass is 16.5. The maximum atomic E-state index is 12.4. The highest BCUT2D eigenvalue weighted by Gasteiger charge is 2.20. The lowest BCUT2D eigenvalue weighted by molar-refractivity contribution is 0.0851. The smallest absolute Gasteiger partial charge is 0.270 e. The van der Waals surface area contributed by atoms with Crippen LogP contribution in [0.25, 0.3) is 5.69 Å². The van der Waals surface area contributed by atoms with Crippen LogP contribution < -0.4 is 10.1 Å². The Kier molecular flexibility index (Phi) is 4.39. The van der Waals surface area contributed by atoms with Crippen LogP contribution in [0.2, 0.25) is 0 Å². The zero-order chi connectivity index (χ0) is 15.4. The average molecular weight is 301 g/mol. The Morgan fingerprint density at radius 3 is 2.95 bits per heavy atom. The second kappa shape index (κ2) is 6.62. The molecule has 1 atom stereocenters. The molecule has 2 aromatic rings. The zero-order valence-corrected chi connectivity index (χ0v) is 12.5. The summed E-state index contributed by atoms with van der Waals surface area (Å²) in [5.41, 5.74) is 1.26. The summed E-state index contributed by atoms with van der Waals surface area (Å²) in [6, 6.07) is 11.1. The van der Waals surface area contributed by atoms with Crippen molar-refractivity contribution in [2.75, 3.05) is 20.3 Å². The van der Waals surface area contributed by atoms with E-state index in [4.69, 9.17) is 9.47 Å². The summed E-state index contributed by atoms with van der Waals surface area (Å²) in [6.07, 6.45) is 2.15. The first-order valence-electron chi connectivity index (χ1n) is 7.37. The van der Waals surface area contributed by atoms with Gasteiger partial charge >= 0.3 is 0 Å². The van der Waals surface area contributed by atoms with E-state index in [-0.39, 0.29) is 12.0 Å². The van der Waals surface area contributed by atoms with Gasteiger partial charge in [0, 0.05) is 19.2 Å². The zero-order valence-electron chi connectivity index (χ0n) is 12.5. The van der Waals surface area contributed by atoms with Crippen molar-refractivity contribution in [3.8, 4) is 11.6 Å². The molecule has 0 aliphatic carbocycles. The number of ether oxygens (including phenoxy) is 2. The summed E-state index contributed by atoms with van der Waals surface area (Å²) in [5.74, 6) is 0.223. The topological polar surface area (TPSA) is 65.4 Å². The van der Waals surface area contributed by atoms with Crippen LogP contribution in [0, 0.1) is 0 Å². The van der Waals surface area contributed by atoms with Gasteiger partial charge in [-0.05, 0) is 25.0 Å². The lowest BCUT2D eigenvalue weighted by Crippen LogP contribution is -2.33. The number of nitrogens with one attached hydrogen (secondary N) is 1. The maximum absolute atomic E-state index is 12.4. The van der Waals surface area contributed by atoms with Crippen molar-refractivity contribution in [2.24, 2.45) is 0 Å². The van der Waals surface area contributed by atoms with Crippen LogP contribution in [0.5, 0.6) is 5.88 Å². The lowest BCUT2D eigenvalue weighted by Gasteiger charge is -2.11. The van der Waals surface area contributed by atoms with Crippen LogP contribution in [0.15, 0.2) is 36.4 Å². The van der Waals surface area contributed by atoms with Crippen LogP contribution in [-0.4, -0.2) is 42.1 Å². The normalized spacial score (nSPS) is 17.4. The third kappa shape index (κ3) is 3.12. The lowest BCUT2D eigenvalue weighted by atomic mass is 10.2. The van der Waals surface area contributed by atoms with Gasteiger partial charge in [0.25, 0.3) is 5.91 Å². The molecule has 0 bridgehead atoms. The third-order valence-corrected chi connectivity index (χ3v) is 3.64. The minimum atomic E-state index is -0.185. The molecule has 0 spiro atoms. The number of benzene rings is 1. The highest BCUT2D eigenvalue weighted by Crippen LogP contribution is 2.17. The van der Waals surface area contributed by atoms with Gasteiger partial charge in [0.05, 0.1) is 18.9 Å². The van der Waals surface area contributed by atoms with Crippen molar-refractivity contribution in [3.05, 3.63) is 42.1 Å². The molecule has 1 aromatic carbocycles. The van der Waals surface area contributed by atoms with E-state index in [1.54, 1.807) is 10.7 Å². The molecule has 0 radical (unpaired) electrons. The van der Waals surface area contributed by atoms with E-state index < -0.39 is 0 Å². The van der Waals surface area contributed by atoms with E-state index in [9.17, 15) is 4.79 Å². The van der Waals surface area contributed by atoms with Gasteiger partial charge in [-0.2, -0.15) is 0 Å². The number of carbonyl (C=O) groups excluding carboxylic acids is 1. The summed E-state index contributed by atoms with van der Waals surface area (Å²) in [6.45, 7) is 1.29. The van der Waals surface area contributed by atoms with Crippen LogP contribution in [0.3, 0.4) is 0 Å². The summed E-state index contributed by atoms with van der Waals surface area (Å²) in [7, 11) is 1.53. The molecule has 1 saturated heterocycles. The van der Waals surface area contributed by atoms with E-state index in [1.165, 1.54) is 7.11 Å². The molecule has 2 heterocycles. The molecule has 1 unspecified atom stereocenters. The monoisotopic (exact) mass is 301 g/mol. The summed E-state index contributed by atoms with van der Waals surface area (Å²) in [4.78, 5) is 12.4. The van der Waals surface area contributed by atoms with Gasteiger partial charge in [0.15, 0.2) is 0 Å². The van der Waals surface area contributed by atoms with Crippen molar-refractivity contribution in [1.82, 2.24) is 15.1 Å². The van der Waals surface area contributed by atoms with Gasteiger partial charge in [-0.1, -0.05) is 18.2 Å². The standard InChI is InChI=1S/C16H19N3O3/c1-21-15-10-14(16(20)17-11-13-8-5-9-22-13)19(18-15)12-6-3-2-4-7-12/h2-4,6-7,10,13H,5,8-9,11H2,1H3,(H,17,20). The number of hydrogen-bond donors (Lipinski definition) is 1. The molecule has 3 rings (SSSR count). The number of aromatic nitrogens is 2. The first-order chi connectivity index (χ1) is 10.8. The predicted molar refractivity (Wildman–Crippen MR) is 81.4 cm³/mol. The van der Waals surface area contributed by atoms with Gasteiger partial charge in [0.1, 0.15) is 5.69 Å². The Hall–Kier alpha value is -2.34. The predicted octanol–water partition coefficient (Wildman–Crippen LogP) is 1.79. The quantitative estimate of drug-likeness (QED) is 0.914. The van der Waals surface area contributed by atoms with Crippen LogP contribution in [-0.2, 0) is 4.74 Å². The first-order valence-corrected chi connectivity index (χ1v) is 7.37. The fraction of sp³-hybridized carbons (Fsp3) is 0.375. The average Bonchev–Trinajstić information content (AvgIpc) is 3.22. The Morgan fingerprint density at radius 1 is 1.45 bits per heavy atom. The Bertz CT molecular complexity index is 633. The summed E-state index contributed by atoms with van der Waals surface area (Å²) >= 11 is 0. The molecule has 116 valence electrons. The molecular weight excluding hydrogens is 282 g/mol. The minimum Gasteiger partial charge on any atom is -0.480 e. The maximum Gasteiger partial charge on any atom is 0.270 e. The van der Waals surface area contributed by atoms with Gasteiger partial charge in [-0.3, -0.25) is 4.79 Å². The minimum absolute atomic E-state index is 0.110. The van der Waals surface area contributed by atoms with E-state index >= 15 is 0 Å². The van der Waals surface area contributed by atoms with Gasteiger partial charge < -0.3 is 14.8 Å². The Labute approximate surface area is 129 Å². The molecule has 1 amide bonds. The number of para-hydroxylation sites is 1. The van der Waals surface area contributed by atoms with E-state index in [0.717, 1.165) is 25.1 Å². The fourth-order valence-electron chi connectivity index (χ4n) is 2.49. The van der Waals surface area contributed by atoms with Crippen LogP contribution in [0.1, 0.15) is 23.3 Å². The van der Waals surface area contributed by atoms with Crippen LogP contribution >= 0.6 is 0 Å². The molecule has 1 aliphatic rings. The molecule has 1 fully saturated rings. The fourth-order valence-corrected chi connectivity index (χ4v) is 2.49.